The van der Waals surface area contributed by atoms with Crippen LogP contribution in [0.1, 0.15) is 40.4 Å². The Balaban J connectivity index is 1.75. The van der Waals surface area contributed by atoms with Gasteiger partial charge in [0.05, 0.1) is 11.4 Å². The fraction of sp³-hybridized carbons (Fsp3) is 0.350. The van der Waals surface area contributed by atoms with E-state index in [1.807, 2.05) is 19.9 Å². The van der Waals surface area contributed by atoms with Crippen molar-refractivity contribution >= 4 is 40.5 Å². The highest BCUT2D eigenvalue weighted by molar-refractivity contribution is 7.14. The Bertz CT molecular complexity index is 890. The number of esters is 1. The van der Waals surface area contributed by atoms with Crippen molar-refractivity contribution in [1.29, 1.82) is 0 Å². The number of anilines is 2. The summed E-state index contributed by atoms with van der Waals surface area (Å²) in [5, 5.41) is 2.80. The van der Waals surface area contributed by atoms with Crippen molar-refractivity contribution < 1.29 is 19.1 Å². The standard InChI is InChI=1S/C20H22N2O4S/c1-4-14-10-17(27-13(14)3)20(25)26-11-19(24)22-12(2)9-18(23)21-15-7-5-6-8-16(15)22/h5-8,10,12H,4,9,11H2,1-3H3,(H,21,23)/t12-/m0/s1. The van der Waals surface area contributed by atoms with Crippen molar-refractivity contribution in [3.63, 3.8) is 0 Å². The number of para-hydroxylation sites is 2. The van der Waals surface area contributed by atoms with Crippen LogP contribution in [0.15, 0.2) is 30.3 Å². The fourth-order valence-electron chi connectivity index (χ4n) is 3.21. The minimum atomic E-state index is -0.499. The molecule has 3 rings (SSSR count). The van der Waals surface area contributed by atoms with Crippen LogP contribution in [-0.4, -0.2) is 30.4 Å². The first kappa shape index (κ1) is 19.1. The van der Waals surface area contributed by atoms with Crippen LogP contribution >= 0.6 is 11.3 Å². The maximum atomic E-state index is 12.8. The molecule has 1 aliphatic heterocycles. The highest BCUT2D eigenvalue weighted by Crippen LogP contribution is 2.31. The van der Waals surface area contributed by atoms with Crippen molar-refractivity contribution in [1.82, 2.24) is 0 Å². The molecular formula is C20H22N2O4S. The molecule has 0 spiro atoms. The lowest BCUT2D eigenvalue weighted by molar-refractivity contribution is -0.122. The summed E-state index contributed by atoms with van der Waals surface area (Å²) in [5.41, 5.74) is 2.29. The number of hydrogen-bond donors (Lipinski definition) is 1. The molecule has 2 amide bonds. The third-order valence-corrected chi connectivity index (χ3v) is 5.63. The van der Waals surface area contributed by atoms with E-state index in [-0.39, 0.29) is 30.9 Å². The van der Waals surface area contributed by atoms with E-state index in [4.69, 9.17) is 4.74 Å². The van der Waals surface area contributed by atoms with Crippen molar-refractivity contribution in [2.75, 3.05) is 16.8 Å². The van der Waals surface area contributed by atoms with E-state index in [0.717, 1.165) is 16.9 Å². The third kappa shape index (κ3) is 4.03. The Morgan fingerprint density at radius 3 is 2.78 bits per heavy atom. The zero-order valence-electron chi connectivity index (χ0n) is 15.6. The Hall–Kier alpha value is -2.67. The number of rotatable bonds is 4. The summed E-state index contributed by atoms with van der Waals surface area (Å²) in [7, 11) is 0. The summed E-state index contributed by atoms with van der Waals surface area (Å²) in [6, 6.07) is 8.60. The van der Waals surface area contributed by atoms with Gasteiger partial charge in [0.2, 0.25) is 5.91 Å². The molecule has 1 atom stereocenters. The summed E-state index contributed by atoms with van der Waals surface area (Å²) in [4.78, 5) is 40.2. The summed E-state index contributed by atoms with van der Waals surface area (Å²) >= 11 is 1.37. The molecule has 0 saturated carbocycles. The van der Waals surface area contributed by atoms with Gasteiger partial charge in [-0.2, -0.15) is 0 Å². The SMILES string of the molecule is CCc1cc(C(=O)OCC(=O)N2c3ccccc3NC(=O)C[C@@H]2C)sc1C. The summed E-state index contributed by atoms with van der Waals surface area (Å²) in [6.45, 7) is 5.42. The highest BCUT2D eigenvalue weighted by atomic mass is 32.1. The van der Waals surface area contributed by atoms with Gasteiger partial charge in [0, 0.05) is 17.3 Å². The van der Waals surface area contributed by atoms with Crippen LogP contribution in [0.4, 0.5) is 11.4 Å². The lowest BCUT2D eigenvalue weighted by Crippen LogP contribution is -2.41. The molecule has 1 aromatic carbocycles. The molecule has 0 radical (unpaired) electrons. The van der Waals surface area contributed by atoms with Crippen molar-refractivity contribution in [3.8, 4) is 0 Å². The summed E-state index contributed by atoms with van der Waals surface area (Å²) in [5.74, 6) is -1.01. The van der Waals surface area contributed by atoms with E-state index in [0.29, 0.717) is 16.3 Å². The Labute approximate surface area is 162 Å². The third-order valence-electron chi connectivity index (χ3n) is 4.56. The number of carbonyl (C=O) groups excluding carboxylic acids is 3. The van der Waals surface area contributed by atoms with E-state index in [9.17, 15) is 14.4 Å². The minimum absolute atomic E-state index is 0.150. The zero-order valence-corrected chi connectivity index (χ0v) is 16.4. The largest absolute Gasteiger partial charge is 0.451 e. The van der Waals surface area contributed by atoms with Crippen LogP contribution < -0.4 is 10.2 Å². The van der Waals surface area contributed by atoms with Crippen molar-refractivity contribution in [2.45, 2.75) is 39.7 Å². The molecule has 1 N–H and O–H groups in total. The number of fused-ring (bicyclic) bond motifs is 1. The normalized spacial score (nSPS) is 16.3. The number of nitrogens with one attached hydrogen (secondary N) is 1. The maximum Gasteiger partial charge on any atom is 0.348 e. The second-order valence-corrected chi connectivity index (χ2v) is 7.76. The van der Waals surface area contributed by atoms with Gasteiger partial charge in [0.1, 0.15) is 4.88 Å². The number of nitrogens with zero attached hydrogens (tertiary/aromatic N) is 1. The van der Waals surface area contributed by atoms with Gasteiger partial charge < -0.3 is 15.0 Å². The van der Waals surface area contributed by atoms with Crippen LogP contribution in [0.5, 0.6) is 0 Å². The van der Waals surface area contributed by atoms with E-state index in [1.165, 1.54) is 16.2 Å². The summed E-state index contributed by atoms with van der Waals surface area (Å²) < 4.78 is 5.26. The number of thiophene rings is 1. The van der Waals surface area contributed by atoms with E-state index in [1.54, 1.807) is 31.2 Å². The molecule has 2 aromatic rings. The predicted octanol–water partition coefficient (Wildman–Crippen LogP) is 3.54. The van der Waals surface area contributed by atoms with Crippen LogP contribution in [-0.2, 0) is 20.7 Å². The molecule has 0 unspecified atom stereocenters. The average molecular weight is 386 g/mol. The van der Waals surface area contributed by atoms with Gasteiger partial charge in [-0.25, -0.2) is 4.79 Å². The Kier molecular flexibility index (Phi) is 5.60. The number of hydrogen-bond acceptors (Lipinski definition) is 5. The monoisotopic (exact) mass is 386 g/mol. The molecule has 0 saturated heterocycles. The minimum Gasteiger partial charge on any atom is -0.451 e. The molecule has 1 aliphatic rings. The number of benzene rings is 1. The Morgan fingerprint density at radius 2 is 2.07 bits per heavy atom. The summed E-state index contributed by atoms with van der Waals surface area (Å²) in [6.07, 6.45) is 1.02. The van der Waals surface area contributed by atoms with Crippen LogP contribution in [0.3, 0.4) is 0 Å². The van der Waals surface area contributed by atoms with E-state index < -0.39 is 5.97 Å². The van der Waals surface area contributed by atoms with Crippen LogP contribution in [0.25, 0.3) is 0 Å². The maximum absolute atomic E-state index is 12.8. The van der Waals surface area contributed by atoms with Gasteiger partial charge >= 0.3 is 5.97 Å². The number of ether oxygens (including phenoxy) is 1. The average Bonchev–Trinajstić information content (AvgIpc) is 2.95. The Morgan fingerprint density at radius 1 is 1.33 bits per heavy atom. The lowest BCUT2D eigenvalue weighted by Gasteiger charge is -2.27. The predicted molar refractivity (Wildman–Crippen MR) is 105 cm³/mol. The second-order valence-electron chi connectivity index (χ2n) is 6.50. The molecule has 0 aliphatic carbocycles. The molecule has 6 nitrogen and oxygen atoms in total. The molecule has 0 bridgehead atoms. The fourth-order valence-corrected chi connectivity index (χ4v) is 4.21. The van der Waals surface area contributed by atoms with Gasteiger partial charge in [0.25, 0.3) is 5.91 Å². The van der Waals surface area contributed by atoms with E-state index >= 15 is 0 Å². The quantitative estimate of drug-likeness (QED) is 0.816. The molecule has 1 aromatic heterocycles. The number of carbonyl (C=O) groups is 3. The molecule has 27 heavy (non-hydrogen) atoms. The second kappa shape index (κ2) is 7.92. The smallest absolute Gasteiger partial charge is 0.348 e. The van der Waals surface area contributed by atoms with Gasteiger partial charge in [-0.3, -0.25) is 9.59 Å². The van der Waals surface area contributed by atoms with Gasteiger partial charge in [-0.05, 0) is 44.0 Å². The first-order valence-electron chi connectivity index (χ1n) is 8.88. The molecule has 2 heterocycles. The topological polar surface area (TPSA) is 75.7 Å². The van der Waals surface area contributed by atoms with Gasteiger partial charge in [-0.15, -0.1) is 11.3 Å². The molecule has 0 fully saturated rings. The van der Waals surface area contributed by atoms with E-state index in [2.05, 4.69) is 5.32 Å². The lowest BCUT2D eigenvalue weighted by atomic mass is 10.1. The van der Waals surface area contributed by atoms with Crippen LogP contribution in [0.2, 0.25) is 0 Å². The number of amides is 2. The highest BCUT2D eigenvalue weighted by Gasteiger charge is 2.30. The zero-order chi connectivity index (χ0) is 19.6. The van der Waals surface area contributed by atoms with Gasteiger partial charge in [0.15, 0.2) is 6.61 Å². The van der Waals surface area contributed by atoms with Crippen molar-refractivity contribution in [3.05, 3.63) is 45.6 Å². The van der Waals surface area contributed by atoms with Crippen LogP contribution in [0, 0.1) is 6.92 Å². The first-order valence-corrected chi connectivity index (χ1v) is 9.69. The molecule has 7 heteroatoms. The molecular weight excluding hydrogens is 364 g/mol. The first-order chi connectivity index (χ1) is 12.9. The van der Waals surface area contributed by atoms with Gasteiger partial charge in [-0.1, -0.05) is 19.1 Å². The molecule has 142 valence electrons. The van der Waals surface area contributed by atoms with Crippen molar-refractivity contribution in [2.24, 2.45) is 0 Å². The number of aryl methyl sites for hydroxylation is 2.